The SMILES string of the molecule is C=CCC(=O)NC1CC(O)C1. The van der Waals surface area contributed by atoms with Crippen molar-refractivity contribution in [1.82, 2.24) is 5.32 Å². The first-order valence-corrected chi connectivity index (χ1v) is 3.80. The Labute approximate surface area is 66.1 Å². The van der Waals surface area contributed by atoms with Crippen molar-refractivity contribution in [3.8, 4) is 0 Å². The summed E-state index contributed by atoms with van der Waals surface area (Å²) in [6.45, 7) is 3.46. The molecule has 3 heteroatoms. The molecule has 1 saturated carbocycles. The molecule has 1 amide bonds. The maximum absolute atomic E-state index is 10.9. The number of nitrogens with one attached hydrogen (secondary N) is 1. The van der Waals surface area contributed by atoms with E-state index in [-0.39, 0.29) is 18.1 Å². The molecule has 1 fully saturated rings. The van der Waals surface area contributed by atoms with Crippen LogP contribution in [0.5, 0.6) is 0 Å². The average Bonchev–Trinajstić information content (AvgIpc) is 1.85. The first-order valence-electron chi connectivity index (χ1n) is 3.80. The lowest BCUT2D eigenvalue weighted by Gasteiger charge is -2.31. The zero-order valence-electron chi connectivity index (χ0n) is 6.42. The van der Waals surface area contributed by atoms with Gasteiger partial charge in [-0.25, -0.2) is 0 Å². The van der Waals surface area contributed by atoms with Crippen LogP contribution in [0.2, 0.25) is 0 Å². The van der Waals surface area contributed by atoms with Crippen LogP contribution in [-0.2, 0) is 4.79 Å². The minimum Gasteiger partial charge on any atom is -0.393 e. The van der Waals surface area contributed by atoms with Crippen molar-refractivity contribution in [2.75, 3.05) is 0 Å². The second-order valence-corrected chi connectivity index (χ2v) is 2.88. The third-order valence-corrected chi connectivity index (χ3v) is 1.81. The van der Waals surface area contributed by atoms with Crippen molar-refractivity contribution in [1.29, 1.82) is 0 Å². The summed E-state index contributed by atoms with van der Waals surface area (Å²) in [6, 6.07) is 0.192. The fourth-order valence-electron chi connectivity index (χ4n) is 1.12. The minimum absolute atomic E-state index is 0.00287. The van der Waals surface area contributed by atoms with E-state index < -0.39 is 0 Å². The average molecular weight is 155 g/mol. The molecule has 0 aromatic rings. The Morgan fingerprint density at radius 2 is 2.36 bits per heavy atom. The van der Waals surface area contributed by atoms with Gasteiger partial charge in [-0.1, -0.05) is 6.08 Å². The van der Waals surface area contributed by atoms with E-state index in [1.165, 1.54) is 0 Å². The van der Waals surface area contributed by atoms with E-state index in [9.17, 15) is 4.79 Å². The number of aliphatic hydroxyl groups excluding tert-OH is 1. The Balaban J connectivity index is 2.11. The highest BCUT2D eigenvalue weighted by Gasteiger charge is 2.27. The predicted molar refractivity (Wildman–Crippen MR) is 42.0 cm³/mol. The first kappa shape index (κ1) is 8.27. The molecule has 1 aliphatic rings. The number of hydrogen-bond donors (Lipinski definition) is 2. The fourth-order valence-corrected chi connectivity index (χ4v) is 1.12. The number of carbonyl (C=O) groups is 1. The lowest BCUT2D eigenvalue weighted by molar-refractivity contribution is -0.122. The molecular weight excluding hydrogens is 142 g/mol. The fraction of sp³-hybridized carbons (Fsp3) is 0.625. The predicted octanol–water partition coefficient (Wildman–Crippen LogP) is 0.202. The van der Waals surface area contributed by atoms with Gasteiger partial charge in [0.05, 0.1) is 6.10 Å². The number of rotatable bonds is 3. The standard InChI is InChI=1S/C8H13NO2/c1-2-3-8(11)9-6-4-7(10)5-6/h2,6-7,10H,1,3-5H2,(H,9,11). The van der Waals surface area contributed by atoms with Crippen molar-refractivity contribution < 1.29 is 9.90 Å². The number of amides is 1. The lowest BCUT2D eigenvalue weighted by atomic mass is 9.89. The zero-order valence-corrected chi connectivity index (χ0v) is 6.42. The van der Waals surface area contributed by atoms with Crippen molar-refractivity contribution in [2.45, 2.75) is 31.4 Å². The van der Waals surface area contributed by atoms with Gasteiger partial charge >= 0.3 is 0 Å². The lowest BCUT2D eigenvalue weighted by Crippen LogP contribution is -2.46. The van der Waals surface area contributed by atoms with Crippen molar-refractivity contribution >= 4 is 5.91 Å². The van der Waals surface area contributed by atoms with Crippen molar-refractivity contribution in [3.05, 3.63) is 12.7 Å². The second-order valence-electron chi connectivity index (χ2n) is 2.88. The summed E-state index contributed by atoms with van der Waals surface area (Å²) in [5.74, 6) is -0.00287. The molecule has 0 unspecified atom stereocenters. The Hall–Kier alpha value is -0.830. The summed E-state index contributed by atoms with van der Waals surface area (Å²) in [4.78, 5) is 10.9. The Bertz CT molecular complexity index is 161. The zero-order chi connectivity index (χ0) is 8.27. The largest absolute Gasteiger partial charge is 0.393 e. The summed E-state index contributed by atoms with van der Waals surface area (Å²) < 4.78 is 0. The van der Waals surface area contributed by atoms with Crippen molar-refractivity contribution in [2.24, 2.45) is 0 Å². The van der Waals surface area contributed by atoms with Crippen LogP contribution in [0, 0.1) is 0 Å². The molecule has 0 radical (unpaired) electrons. The van der Waals surface area contributed by atoms with E-state index in [1.807, 2.05) is 0 Å². The third-order valence-electron chi connectivity index (χ3n) is 1.81. The third kappa shape index (κ3) is 2.35. The molecule has 0 saturated heterocycles. The van der Waals surface area contributed by atoms with Gasteiger partial charge in [-0.05, 0) is 12.8 Å². The topological polar surface area (TPSA) is 49.3 Å². The van der Waals surface area contributed by atoms with E-state index >= 15 is 0 Å². The van der Waals surface area contributed by atoms with Gasteiger partial charge in [-0.2, -0.15) is 0 Å². The van der Waals surface area contributed by atoms with E-state index in [4.69, 9.17) is 5.11 Å². The second kappa shape index (κ2) is 3.53. The molecule has 11 heavy (non-hydrogen) atoms. The van der Waals surface area contributed by atoms with Crippen LogP contribution in [0.4, 0.5) is 0 Å². The maximum Gasteiger partial charge on any atom is 0.224 e. The molecule has 62 valence electrons. The summed E-state index contributed by atoms with van der Waals surface area (Å²) in [5, 5.41) is 11.7. The first-order chi connectivity index (χ1) is 5.22. The van der Waals surface area contributed by atoms with Gasteiger partial charge in [-0.15, -0.1) is 6.58 Å². The molecule has 0 atom stereocenters. The van der Waals surface area contributed by atoms with Gasteiger partial charge in [0, 0.05) is 12.5 Å². The van der Waals surface area contributed by atoms with Gasteiger partial charge in [0.2, 0.25) is 5.91 Å². The van der Waals surface area contributed by atoms with Crippen LogP contribution in [0.1, 0.15) is 19.3 Å². The highest BCUT2D eigenvalue weighted by Crippen LogP contribution is 2.19. The molecule has 1 rings (SSSR count). The summed E-state index contributed by atoms with van der Waals surface area (Å²) in [6.07, 6.45) is 3.13. The van der Waals surface area contributed by atoms with Gasteiger partial charge < -0.3 is 10.4 Å². The van der Waals surface area contributed by atoms with Crippen LogP contribution < -0.4 is 5.32 Å². The van der Waals surface area contributed by atoms with Crippen molar-refractivity contribution in [3.63, 3.8) is 0 Å². The molecule has 0 spiro atoms. The smallest absolute Gasteiger partial charge is 0.224 e. The Morgan fingerprint density at radius 3 is 2.82 bits per heavy atom. The normalized spacial score (nSPS) is 28.8. The van der Waals surface area contributed by atoms with Crippen LogP contribution in [0.15, 0.2) is 12.7 Å². The van der Waals surface area contributed by atoms with Gasteiger partial charge in [-0.3, -0.25) is 4.79 Å². The monoisotopic (exact) mass is 155 g/mol. The number of carbonyl (C=O) groups excluding carboxylic acids is 1. The van der Waals surface area contributed by atoms with E-state index in [2.05, 4.69) is 11.9 Å². The molecule has 3 nitrogen and oxygen atoms in total. The molecule has 0 bridgehead atoms. The summed E-state index contributed by atoms with van der Waals surface area (Å²) in [7, 11) is 0. The number of hydrogen-bond acceptors (Lipinski definition) is 2. The van der Waals surface area contributed by atoms with Gasteiger partial charge in [0.25, 0.3) is 0 Å². The Morgan fingerprint density at radius 1 is 1.73 bits per heavy atom. The highest BCUT2D eigenvalue weighted by atomic mass is 16.3. The van der Waals surface area contributed by atoms with Crippen LogP contribution in [-0.4, -0.2) is 23.2 Å². The highest BCUT2D eigenvalue weighted by molar-refractivity contribution is 5.77. The molecule has 1 aliphatic carbocycles. The Kier molecular flexibility index (Phi) is 2.65. The quantitative estimate of drug-likeness (QED) is 0.572. The van der Waals surface area contributed by atoms with Crippen LogP contribution >= 0.6 is 0 Å². The molecule has 2 N–H and O–H groups in total. The minimum atomic E-state index is -0.205. The molecule has 0 heterocycles. The van der Waals surface area contributed by atoms with E-state index in [1.54, 1.807) is 6.08 Å². The molecular formula is C8H13NO2. The summed E-state index contributed by atoms with van der Waals surface area (Å²) in [5.41, 5.74) is 0. The molecule has 0 aromatic heterocycles. The van der Waals surface area contributed by atoms with Gasteiger partial charge in [0.1, 0.15) is 0 Å². The van der Waals surface area contributed by atoms with E-state index in [0.717, 1.165) is 0 Å². The number of aliphatic hydroxyl groups is 1. The van der Waals surface area contributed by atoms with E-state index in [0.29, 0.717) is 19.3 Å². The molecule has 0 aromatic carbocycles. The van der Waals surface area contributed by atoms with Gasteiger partial charge in [0.15, 0.2) is 0 Å². The maximum atomic E-state index is 10.9. The van der Waals surface area contributed by atoms with Crippen LogP contribution in [0.25, 0.3) is 0 Å². The molecule has 0 aliphatic heterocycles. The summed E-state index contributed by atoms with van der Waals surface area (Å²) >= 11 is 0. The van der Waals surface area contributed by atoms with Crippen LogP contribution in [0.3, 0.4) is 0 Å².